The monoisotopic (exact) mass is 236 g/mol. The molecule has 3 N–H and O–H groups in total. The second kappa shape index (κ2) is 4.84. The van der Waals surface area contributed by atoms with Gasteiger partial charge in [0.25, 0.3) is 0 Å². The molecule has 2 rings (SSSR count). The van der Waals surface area contributed by atoms with Crippen molar-refractivity contribution in [1.82, 2.24) is 0 Å². The lowest BCUT2D eigenvalue weighted by atomic mass is 10.0. The van der Waals surface area contributed by atoms with Crippen LogP contribution in [0.3, 0.4) is 0 Å². The predicted molar refractivity (Wildman–Crippen MR) is 65.1 cm³/mol. The molecular weight excluding hydrogens is 219 g/mol. The molecule has 2 atom stereocenters. The van der Waals surface area contributed by atoms with Gasteiger partial charge >= 0.3 is 0 Å². The number of hydrogen-bond donors (Lipinski definition) is 2. The Morgan fingerprint density at radius 2 is 2.18 bits per heavy atom. The first-order valence-corrected chi connectivity index (χ1v) is 5.90. The second-order valence-electron chi connectivity index (χ2n) is 4.71. The summed E-state index contributed by atoms with van der Waals surface area (Å²) in [5.74, 6) is -0.574. The van der Waals surface area contributed by atoms with E-state index in [1.54, 1.807) is 13.0 Å². The number of aryl methyl sites for hydroxylation is 1. The topological polar surface area (TPSA) is 55.1 Å². The van der Waals surface area contributed by atoms with Crippen molar-refractivity contribution < 1.29 is 9.18 Å². The van der Waals surface area contributed by atoms with Gasteiger partial charge in [0.05, 0.1) is 5.92 Å². The van der Waals surface area contributed by atoms with E-state index in [1.165, 1.54) is 12.1 Å². The van der Waals surface area contributed by atoms with Crippen LogP contribution >= 0.6 is 0 Å². The first kappa shape index (κ1) is 12.0. The molecule has 1 aromatic carbocycles. The summed E-state index contributed by atoms with van der Waals surface area (Å²) >= 11 is 0. The fraction of sp³-hybridized carbons (Fsp3) is 0.462. The van der Waals surface area contributed by atoms with Gasteiger partial charge in [-0.25, -0.2) is 4.39 Å². The molecule has 1 fully saturated rings. The van der Waals surface area contributed by atoms with E-state index in [4.69, 9.17) is 5.73 Å². The maximum Gasteiger partial charge on any atom is 0.229 e. The van der Waals surface area contributed by atoms with Crippen molar-refractivity contribution in [2.75, 3.05) is 5.32 Å². The van der Waals surface area contributed by atoms with Crippen LogP contribution in [0, 0.1) is 18.7 Å². The molecule has 0 aromatic heterocycles. The fourth-order valence-corrected chi connectivity index (χ4v) is 2.36. The van der Waals surface area contributed by atoms with Gasteiger partial charge in [-0.3, -0.25) is 4.79 Å². The first-order chi connectivity index (χ1) is 8.06. The van der Waals surface area contributed by atoms with Gasteiger partial charge in [0.1, 0.15) is 5.82 Å². The molecule has 0 radical (unpaired) electrons. The summed E-state index contributed by atoms with van der Waals surface area (Å²) in [6.45, 7) is 1.79. The smallest absolute Gasteiger partial charge is 0.229 e. The molecule has 0 heterocycles. The number of benzene rings is 1. The Balaban J connectivity index is 2.07. The lowest BCUT2D eigenvalue weighted by Gasteiger charge is -2.15. The normalized spacial score (nSPS) is 23.7. The largest absolute Gasteiger partial charge is 0.327 e. The zero-order valence-electron chi connectivity index (χ0n) is 9.87. The predicted octanol–water partition coefficient (Wildman–Crippen LogP) is 2.20. The van der Waals surface area contributed by atoms with Gasteiger partial charge in [-0.1, -0.05) is 6.42 Å². The standard InChI is InChI=1S/C13H17FN2O/c1-8-5-9(14)7-10(6-8)16-13(17)11-3-2-4-12(11)15/h5-7,11-12H,2-4,15H2,1H3,(H,16,17). The Kier molecular flexibility index (Phi) is 3.43. The molecule has 4 heteroatoms. The molecule has 1 saturated carbocycles. The van der Waals surface area contributed by atoms with E-state index in [2.05, 4.69) is 5.32 Å². The Morgan fingerprint density at radius 1 is 1.41 bits per heavy atom. The third-order valence-corrected chi connectivity index (χ3v) is 3.22. The highest BCUT2D eigenvalue weighted by Crippen LogP contribution is 2.25. The van der Waals surface area contributed by atoms with E-state index in [0.717, 1.165) is 24.8 Å². The number of rotatable bonds is 2. The summed E-state index contributed by atoms with van der Waals surface area (Å²) in [6.07, 6.45) is 2.70. The number of amides is 1. The van der Waals surface area contributed by atoms with E-state index in [0.29, 0.717) is 5.69 Å². The molecule has 2 unspecified atom stereocenters. The molecule has 1 aromatic rings. The summed E-state index contributed by atoms with van der Waals surface area (Å²) < 4.78 is 13.2. The number of hydrogen-bond acceptors (Lipinski definition) is 2. The highest BCUT2D eigenvalue weighted by atomic mass is 19.1. The zero-order valence-corrected chi connectivity index (χ0v) is 9.87. The molecular formula is C13H17FN2O. The van der Waals surface area contributed by atoms with Crippen LogP contribution in [0.1, 0.15) is 24.8 Å². The van der Waals surface area contributed by atoms with E-state index in [1.807, 2.05) is 0 Å². The third-order valence-electron chi connectivity index (χ3n) is 3.22. The van der Waals surface area contributed by atoms with E-state index >= 15 is 0 Å². The molecule has 17 heavy (non-hydrogen) atoms. The minimum absolute atomic E-state index is 0.0651. The number of anilines is 1. The molecule has 3 nitrogen and oxygen atoms in total. The molecule has 1 amide bonds. The molecule has 1 aliphatic carbocycles. The van der Waals surface area contributed by atoms with Crippen molar-refractivity contribution in [3.63, 3.8) is 0 Å². The second-order valence-corrected chi connectivity index (χ2v) is 4.71. The van der Waals surface area contributed by atoms with E-state index in [-0.39, 0.29) is 23.7 Å². The van der Waals surface area contributed by atoms with Crippen LogP contribution in [0.25, 0.3) is 0 Å². The number of carbonyl (C=O) groups is 1. The van der Waals surface area contributed by atoms with Crippen molar-refractivity contribution >= 4 is 11.6 Å². The lowest BCUT2D eigenvalue weighted by molar-refractivity contribution is -0.120. The van der Waals surface area contributed by atoms with Gasteiger partial charge in [0.15, 0.2) is 0 Å². The third kappa shape index (κ3) is 2.82. The lowest BCUT2D eigenvalue weighted by Crippen LogP contribution is -2.34. The highest BCUT2D eigenvalue weighted by Gasteiger charge is 2.30. The minimum atomic E-state index is -0.337. The summed E-state index contributed by atoms with van der Waals surface area (Å²) in [5, 5.41) is 2.74. The van der Waals surface area contributed by atoms with Gasteiger partial charge in [-0.15, -0.1) is 0 Å². The fourth-order valence-electron chi connectivity index (χ4n) is 2.36. The van der Waals surface area contributed by atoms with Crippen molar-refractivity contribution in [3.8, 4) is 0 Å². The number of nitrogens with one attached hydrogen (secondary N) is 1. The SMILES string of the molecule is Cc1cc(F)cc(NC(=O)C2CCCC2N)c1. The van der Waals surface area contributed by atoms with Crippen LogP contribution in [0.4, 0.5) is 10.1 Å². The van der Waals surface area contributed by atoms with Crippen LogP contribution in [-0.2, 0) is 4.79 Å². The highest BCUT2D eigenvalue weighted by molar-refractivity contribution is 5.93. The van der Waals surface area contributed by atoms with E-state index in [9.17, 15) is 9.18 Å². The van der Waals surface area contributed by atoms with Gasteiger partial charge in [0.2, 0.25) is 5.91 Å². The number of halogens is 1. The van der Waals surface area contributed by atoms with Gasteiger partial charge in [-0.2, -0.15) is 0 Å². The maximum absolute atomic E-state index is 13.2. The molecule has 1 aliphatic rings. The average Bonchev–Trinajstić information content (AvgIpc) is 2.62. The van der Waals surface area contributed by atoms with Crippen molar-refractivity contribution in [2.45, 2.75) is 32.2 Å². The molecule has 0 aliphatic heterocycles. The summed E-state index contributed by atoms with van der Waals surface area (Å²) in [7, 11) is 0. The van der Waals surface area contributed by atoms with Crippen molar-refractivity contribution in [3.05, 3.63) is 29.6 Å². The molecule has 0 bridgehead atoms. The number of carbonyl (C=O) groups excluding carboxylic acids is 1. The van der Waals surface area contributed by atoms with Crippen molar-refractivity contribution in [1.29, 1.82) is 0 Å². The zero-order chi connectivity index (χ0) is 12.4. The Bertz CT molecular complexity index is 413. The Hall–Kier alpha value is -1.42. The molecule has 0 spiro atoms. The average molecular weight is 236 g/mol. The molecule has 92 valence electrons. The summed E-state index contributed by atoms with van der Waals surface area (Å²) in [6, 6.07) is 4.44. The summed E-state index contributed by atoms with van der Waals surface area (Å²) in [5.41, 5.74) is 7.15. The molecule has 0 saturated heterocycles. The summed E-state index contributed by atoms with van der Waals surface area (Å²) in [4.78, 5) is 11.9. The quantitative estimate of drug-likeness (QED) is 0.827. The Morgan fingerprint density at radius 3 is 2.76 bits per heavy atom. The van der Waals surface area contributed by atoms with Gasteiger partial charge < -0.3 is 11.1 Å². The van der Waals surface area contributed by atoms with Gasteiger partial charge in [0, 0.05) is 11.7 Å². The van der Waals surface area contributed by atoms with Gasteiger partial charge in [-0.05, 0) is 43.5 Å². The minimum Gasteiger partial charge on any atom is -0.327 e. The van der Waals surface area contributed by atoms with Crippen LogP contribution in [0.2, 0.25) is 0 Å². The van der Waals surface area contributed by atoms with Crippen LogP contribution in [-0.4, -0.2) is 11.9 Å². The van der Waals surface area contributed by atoms with Crippen molar-refractivity contribution in [2.24, 2.45) is 11.7 Å². The van der Waals surface area contributed by atoms with Crippen LogP contribution < -0.4 is 11.1 Å². The van der Waals surface area contributed by atoms with Crippen LogP contribution in [0.15, 0.2) is 18.2 Å². The first-order valence-electron chi connectivity index (χ1n) is 5.90. The van der Waals surface area contributed by atoms with E-state index < -0.39 is 0 Å². The Labute approximate surface area is 100 Å². The number of nitrogens with two attached hydrogens (primary N) is 1. The maximum atomic E-state index is 13.2. The van der Waals surface area contributed by atoms with Crippen LogP contribution in [0.5, 0.6) is 0 Å².